The van der Waals surface area contributed by atoms with Crippen LogP contribution in [0.5, 0.6) is 0 Å². The monoisotopic (exact) mass is 744 g/mol. The highest BCUT2D eigenvalue weighted by atomic mass is 79.9. The van der Waals surface area contributed by atoms with Crippen molar-refractivity contribution in [2.75, 3.05) is 13.2 Å². The Morgan fingerprint density at radius 2 is 0.761 bits per heavy atom. The van der Waals surface area contributed by atoms with Gasteiger partial charge in [0.25, 0.3) is 0 Å². The Morgan fingerprint density at radius 1 is 0.500 bits per heavy atom. The van der Waals surface area contributed by atoms with Crippen molar-refractivity contribution in [3.63, 3.8) is 0 Å². The Kier molecular flexibility index (Phi) is 10.3. The zero-order chi connectivity index (χ0) is 32.8. The van der Waals surface area contributed by atoms with Crippen LogP contribution in [0.4, 0.5) is 0 Å². The van der Waals surface area contributed by atoms with E-state index in [1.807, 2.05) is 60.7 Å². The molecule has 0 saturated carbocycles. The van der Waals surface area contributed by atoms with Crippen molar-refractivity contribution in [1.82, 2.24) is 0 Å². The summed E-state index contributed by atoms with van der Waals surface area (Å²) in [5.41, 5.74) is 5.42. The largest absolute Gasteiger partial charge is 0.462 e. The first kappa shape index (κ1) is 32.6. The van der Waals surface area contributed by atoms with Crippen LogP contribution in [0.1, 0.15) is 45.7 Å². The van der Waals surface area contributed by atoms with Crippen LogP contribution in [-0.2, 0) is 28.5 Å². The Balaban J connectivity index is 0.000000181. The van der Waals surface area contributed by atoms with E-state index in [-0.39, 0.29) is 33.7 Å². The third kappa shape index (κ3) is 6.59. The van der Waals surface area contributed by atoms with Gasteiger partial charge in [0, 0.05) is 11.1 Å². The van der Waals surface area contributed by atoms with Crippen LogP contribution in [0, 0.1) is 0 Å². The van der Waals surface area contributed by atoms with Crippen molar-refractivity contribution in [1.29, 1.82) is 0 Å². The lowest BCUT2D eigenvalue weighted by Crippen LogP contribution is -2.09. The topological polar surface area (TPSA) is 105 Å². The molecule has 0 amide bonds. The number of carbonyl (C=O) groups excluding carboxylic acids is 4. The van der Waals surface area contributed by atoms with Gasteiger partial charge in [-0.15, -0.1) is 0 Å². The van der Waals surface area contributed by atoms with Crippen LogP contribution in [-0.4, -0.2) is 37.1 Å². The number of fused-ring (bicyclic) bond motifs is 6. The summed E-state index contributed by atoms with van der Waals surface area (Å²) in [6.07, 6.45) is 0. The molecule has 2 aliphatic rings. The summed E-state index contributed by atoms with van der Waals surface area (Å²) in [5.74, 6) is -1.83. The highest BCUT2D eigenvalue weighted by Gasteiger charge is 2.30. The SMILES string of the molecule is CCOC(=O)/C(Br)=C1/OC(=O)c2ccccc2-c2ccccc21.CCOC(=O)/C(Br)=C1\OC(=O)c2ccccc2-c2ccccc21. The van der Waals surface area contributed by atoms with Crippen LogP contribution in [0.3, 0.4) is 0 Å². The summed E-state index contributed by atoms with van der Waals surface area (Å²) in [6, 6.07) is 29.2. The van der Waals surface area contributed by atoms with E-state index >= 15 is 0 Å². The third-order valence-corrected chi connectivity index (χ3v) is 8.28. The Bertz CT molecular complexity index is 1790. The van der Waals surface area contributed by atoms with E-state index < -0.39 is 23.9 Å². The molecule has 0 saturated heterocycles. The van der Waals surface area contributed by atoms with Crippen molar-refractivity contribution in [3.05, 3.63) is 128 Å². The second-order valence-corrected chi connectivity index (χ2v) is 11.3. The number of ether oxygens (including phenoxy) is 4. The van der Waals surface area contributed by atoms with Gasteiger partial charge in [-0.2, -0.15) is 0 Å². The van der Waals surface area contributed by atoms with Crippen LogP contribution < -0.4 is 0 Å². The van der Waals surface area contributed by atoms with Gasteiger partial charge >= 0.3 is 23.9 Å². The molecule has 232 valence electrons. The predicted molar refractivity (Wildman–Crippen MR) is 180 cm³/mol. The minimum absolute atomic E-state index is 0.0907. The molecule has 0 N–H and O–H groups in total. The quantitative estimate of drug-likeness (QED) is 0.117. The van der Waals surface area contributed by atoms with Crippen molar-refractivity contribution in [3.8, 4) is 22.3 Å². The van der Waals surface area contributed by atoms with Gasteiger partial charge in [-0.25, -0.2) is 19.2 Å². The first-order valence-corrected chi connectivity index (χ1v) is 15.8. The fourth-order valence-corrected chi connectivity index (χ4v) is 5.75. The lowest BCUT2D eigenvalue weighted by atomic mass is 9.95. The normalized spacial score (nSPS) is 15.0. The maximum atomic E-state index is 12.4. The van der Waals surface area contributed by atoms with Crippen molar-refractivity contribution < 1.29 is 38.1 Å². The lowest BCUT2D eigenvalue weighted by molar-refractivity contribution is -0.138. The Labute approximate surface area is 281 Å². The number of halogens is 2. The maximum Gasteiger partial charge on any atom is 0.349 e. The van der Waals surface area contributed by atoms with E-state index in [0.717, 1.165) is 22.3 Å². The van der Waals surface area contributed by atoms with Crippen LogP contribution in [0.25, 0.3) is 33.8 Å². The third-order valence-electron chi connectivity index (χ3n) is 6.92. The van der Waals surface area contributed by atoms with Gasteiger partial charge < -0.3 is 18.9 Å². The molecule has 4 aromatic rings. The molecule has 0 aliphatic carbocycles. The highest BCUT2D eigenvalue weighted by molar-refractivity contribution is 9.12. The number of esters is 4. The average Bonchev–Trinajstić information content (AvgIpc) is 3.29. The van der Waals surface area contributed by atoms with Gasteiger partial charge in [0.1, 0.15) is 8.96 Å². The number of benzene rings is 4. The Morgan fingerprint density at radius 3 is 1.07 bits per heavy atom. The number of cyclic esters (lactones) is 2. The molecule has 46 heavy (non-hydrogen) atoms. The molecule has 0 aromatic heterocycles. The van der Waals surface area contributed by atoms with Gasteiger partial charge in [0.2, 0.25) is 0 Å². The summed E-state index contributed by atoms with van der Waals surface area (Å²) < 4.78 is 21.1. The zero-order valence-corrected chi connectivity index (χ0v) is 27.8. The first-order chi connectivity index (χ1) is 22.3. The van der Waals surface area contributed by atoms with Crippen molar-refractivity contribution in [2.45, 2.75) is 13.8 Å². The molecular weight excluding hydrogens is 720 g/mol. The smallest absolute Gasteiger partial charge is 0.349 e. The highest BCUT2D eigenvalue weighted by Crippen LogP contribution is 2.40. The van der Waals surface area contributed by atoms with Crippen LogP contribution in [0.15, 0.2) is 106 Å². The van der Waals surface area contributed by atoms with E-state index in [1.54, 1.807) is 50.2 Å². The molecule has 2 aliphatic heterocycles. The standard InChI is InChI=1S/2C18H13BrO4/c2*1-2-22-18(21)15(19)16-13-9-5-3-7-11(13)12-8-4-6-10-14(12)17(20)23-16/h2*3-10H,2H2,1H3/b16-15+;16-15-. The van der Waals surface area contributed by atoms with Gasteiger partial charge in [-0.3, -0.25) is 0 Å². The molecule has 0 bridgehead atoms. The summed E-state index contributed by atoms with van der Waals surface area (Å²) in [4.78, 5) is 48.9. The van der Waals surface area contributed by atoms with Gasteiger partial charge in [0.15, 0.2) is 11.5 Å². The van der Waals surface area contributed by atoms with Crippen LogP contribution in [0.2, 0.25) is 0 Å². The second kappa shape index (κ2) is 14.5. The maximum absolute atomic E-state index is 12.4. The Hall–Kier alpha value is -4.80. The number of hydrogen-bond donors (Lipinski definition) is 0. The molecule has 4 aromatic carbocycles. The molecule has 2 heterocycles. The molecule has 8 nitrogen and oxygen atoms in total. The number of carbonyl (C=O) groups is 4. The van der Waals surface area contributed by atoms with E-state index in [1.165, 1.54) is 0 Å². The molecule has 0 spiro atoms. The van der Waals surface area contributed by atoms with Crippen molar-refractivity contribution in [2.24, 2.45) is 0 Å². The predicted octanol–water partition coefficient (Wildman–Crippen LogP) is 8.30. The minimum Gasteiger partial charge on any atom is -0.462 e. The zero-order valence-electron chi connectivity index (χ0n) is 24.7. The first-order valence-electron chi connectivity index (χ1n) is 14.2. The number of hydrogen-bond acceptors (Lipinski definition) is 8. The average molecular weight is 746 g/mol. The fourth-order valence-electron chi connectivity index (χ4n) is 4.93. The minimum atomic E-state index is -0.573. The van der Waals surface area contributed by atoms with Gasteiger partial charge in [0.05, 0.1) is 24.3 Å². The van der Waals surface area contributed by atoms with Gasteiger partial charge in [-0.05, 0) is 80.1 Å². The summed E-state index contributed by atoms with van der Waals surface area (Å²) >= 11 is 6.42. The molecule has 6 rings (SSSR count). The summed E-state index contributed by atoms with van der Waals surface area (Å²) in [5, 5.41) is 0. The van der Waals surface area contributed by atoms with E-state index in [0.29, 0.717) is 22.3 Å². The molecule has 0 radical (unpaired) electrons. The van der Waals surface area contributed by atoms with Crippen molar-refractivity contribution >= 4 is 67.3 Å². The van der Waals surface area contributed by atoms with E-state index in [9.17, 15) is 19.2 Å². The number of rotatable bonds is 4. The molecular formula is C36H26Br2O8. The molecule has 0 unspecified atom stereocenters. The lowest BCUT2D eigenvalue weighted by Gasteiger charge is -2.11. The van der Waals surface area contributed by atoms with Crippen LogP contribution >= 0.6 is 31.9 Å². The fraction of sp³-hybridized carbons (Fsp3) is 0.111. The second-order valence-electron chi connectivity index (χ2n) is 9.69. The molecule has 10 heteroatoms. The summed E-state index contributed by atoms with van der Waals surface area (Å²) in [7, 11) is 0. The molecule has 0 fully saturated rings. The van der Waals surface area contributed by atoms with E-state index in [4.69, 9.17) is 18.9 Å². The van der Waals surface area contributed by atoms with Gasteiger partial charge in [-0.1, -0.05) is 84.9 Å². The molecule has 0 atom stereocenters. The summed E-state index contributed by atoms with van der Waals surface area (Å²) in [6.45, 7) is 3.89. The van der Waals surface area contributed by atoms with E-state index in [2.05, 4.69) is 31.9 Å².